The van der Waals surface area contributed by atoms with Crippen molar-refractivity contribution >= 4 is 23.4 Å². The summed E-state index contributed by atoms with van der Waals surface area (Å²) in [6.07, 6.45) is 3.66. The van der Waals surface area contributed by atoms with Crippen LogP contribution in [0.15, 0.2) is 18.2 Å². The molecule has 4 aliphatic heterocycles. The first-order valence-electron chi connectivity index (χ1n) is 9.21. The van der Waals surface area contributed by atoms with Crippen LogP contribution in [0, 0.1) is 11.8 Å². The van der Waals surface area contributed by atoms with Crippen molar-refractivity contribution < 1.29 is 14.4 Å². The van der Waals surface area contributed by atoms with Gasteiger partial charge in [0.15, 0.2) is 0 Å². The molecule has 0 spiro atoms. The van der Waals surface area contributed by atoms with Crippen molar-refractivity contribution in [3.05, 3.63) is 29.3 Å². The normalized spacial score (nSPS) is 34.3. The number of rotatable bonds is 4. The number of benzene rings is 1. The highest BCUT2D eigenvalue weighted by Crippen LogP contribution is 2.47. The molecule has 4 bridgehead atoms. The maximum atomic E-state index is 12.5. The van der Waals surface area contributed by atoms with Crippen LogP contribution in [0.4, 0.5) is 5.69 Å². The van der Waals surface area contributed by atoms with Crippen LogP contribution in [0.5, 0.6) is 0 Å². The van der Waals surface area contributed by atoms with Gasteiger partial charge in [-0.25, -0.2) is 0 Å². The maximum absolute atomic E-state index is 12.5. The molecule has 7 heteroatoms. The first kappa shape index (κ1) is 15.8. The largest absolute Gasteiger partial charge is 0.378 e. The van der Waals surface area contributed by atoms with Gasteiger partial charge in [-0.1, -0.05) is 0 Å². The van der Waals surface area contributed by atoms with E-state index >= 15 is 0 Å². The zero-order valence-electron chi connectivity index (χ0n) is 14.5. The first-order valence-corrected chi connectivity index (χ1v) is 9.21. The third-order valence-corrected chi connectivity index (χ3v) is 6.28. The number of amides is 3. The van der Waals surface area contributed by atoms with Crippen molar-refractivity contribution in [2.24, 2.45) is 17.6 Å². The highest BCUT2D eigenvalue weighted by molar-refractivity contribution is 6.22. The Bertz CT molecular complexity index is 799. The summed E-state index contributed by atoms with van der Waals surface area (Å²) in [5.41, 5.74) is 6.79. The molecular formula is C19H22N4O3. The van der Waals surface area contributed by atoms with Crippen LogP contribution in [0.2, 0.25) is 0 Å². The monoisotopic (exact) mass is 354 g/mol. The van der Waals surface area contributed by atoms with Crippen molar-refractivity contribution in [2.75, 3.05) is 31.5 Å². The van der Waals surface area contributed by atoms with E-state index in [4.69, 9.17) is 5.73 Å². The molecule has 3 N–H and O–H groups in total. The second kappa shape index (κ2) is 5.30. The molecule has 2 atom stereocenters. The molecule has 6 rings (SSSR count). The number of primary amides is 1. The van der Waals surface area contributed by atoms with Gasteiger partial charge in [0.2, 0.25) is 5.91 Å². The molecule has 1 saturated carbocycles. The molecule has 0 radical (unpaired) electrons. The van der Waals surface area contributed by atoms with E-state index in [1.54, 1.807) is 12.1 Å². The Hall–Kier alpha value is -2.41. The molecule has 5 aliphatic rings. The summed E-state index contributed by atoms with van der Waals surface area (Å²) in [6.45, 7) is 3.08. The van der Waals surface area contributed by atoms with E-state index in [9.17, 15) is 14.4 Å². The lowest BCUT2D eigenvalue weighted by atomic mass is 9.64. The van der Waals surface area contributed by atoms with Gasteiger partial charge in [0.1, 0.15) is 6.54 Å². The minimum absolute atomic E-state index is 0.0664. The van der Waals surface area contributed by atoms with Crippen molar-refractivity contribution in [1.82, 2.24) is 9.80 Å². The van der Waals surface area contributed by atoms with Gasteiger partial charge in [0.05, 0.1) is 16.7 Å². The second-order valence-electron chi connectivity index (χ2n) is 8.40. The van der Waals surface area contributed by atoms with Crippen LogP contribution in [0.1, 0.15) is 40.0 Å². The summed E-state index contributed by atoms with van der Waals surface area (Å²) in [5.74, 6) is -0.0710. The number of carbonyl (C=O) groups is 3. The molecule has 136 valence electrons. The fraction of sp³-hybridized carbons (Fsp3) is 0.526. The van der Waals surface area contributed by atoms with E-state index in [1.807, 2.05) is 6.07 Å². The summed E-state index contributed by atoms with van der Waals surface area (Å²) >= 11 is 0. The van der Waals surface area contributed by atoms with Crippen LogP contribution in [-0.4, -0.2) is 59.2 Å². The summed E-state index contributed by atoms with van der Waals surface area (Å²) in [6, 6.07) is 5.30. The van der Waals surface area contributed by atoms with Gasteiger partial charge in [-0.15, -0.1) is 0 Å². The predicted molar refractivity (Wildman–Crippen MR) is 94.6 cm³/mol. The van der Waals surface area contributed by atoms with Gasteiger partial charge >= 0.3 is 0 Å². The number of carbonyl (C=O) groups excluding carboxylic acids is 3. The van der Waals surface area contributed by atoms with Gasteiger partial charge in [-0.05, 0) is 49.3 Å². The van der Waals surface area contributed by atoms with Crippen LogP contribution in [-0.2, 0) is 4.79 Å². The van der Waals surface area contributed by atoms with E-state index in [2.05, 4.69) is 10.2 Å². The highest BCUT2D eigenvalue weighted by atomic mass is 16.2. The molecule has 7 nitrogen and oxygen atoms in total. The number of anilines is 1. The van der Waals surface area contributed by atoms with Crippen LogP contribution in [0.25, 0.3) is 0 Å². The quantitative estimate of drug-likeness (QED) is 0.775. The average Bonchev–Trinajstić information content (AvgIpc) is 2.77. The highest BCUT2D eigenvalue weighted by Gasteiger charge is 2.50. The Morgan fingerprint density at radius 2 is 1.85 bits per heavy atom. The van der Waals surface area contributed by atoms with E-state index < -0.39 is 17.7 Å². The number of nitrogens with two attached hydrogens (primary N) is 1. The zero-order chi connectivity index (χ0) is 18.1. The Labute approximate surface area is 151 Å². The second-order valence-corrected chi connectivity index (χ2v) is 8.40. The smallest absolute Gasteiger partial charge is 0.262 e. The van der Waals surface area contributed by atoms with Crippen LogP contribution >= 0.6 is 0 Å². The summed E-state index contributed by atoms with van der Waals surface area (Å²) in [7, 11) is 0. The molecule has 0 aromatic heterocycles. The number of nitrogens with one attached hydrogen (secondary N) is 1. The van der Waals surface area contributed by atoms with Crippen molar-refractivity contribution in [2.45, 2.75) is 24.8 Å². The van der Waals surface area contributed by atoms with Crippen LogP contribution in [0.3, 0.4) is 0 Å². The van der Waals surface area contributed by atoms with Gasteiger partial charge in [0, 0.05) is 25.3 Å². The summed E-state index contributed by atoms with van der Waals surface area (Å²) in [4.78, 5) is 39.5. The number of nitrogens with zero attached hydrogens (tertiary/aromatic N) is 2. The van der Waals surface area contributed by atoms with Crippen molar-refractivity contribution in [3.63, 3.8) is 0 Å². The number of fused-ring (bicyclic) bond motifs is 1. The number of hydrogen-bond acceptors (Lipinski definition) is 5. The third kappa shape index (κ3) is 2.34. The lowest BCUT2D eigenvalue weighted by molar-refractivity contribution is -0.118. The fourth-order valence-corrected chi connectivity index (χ4v) is 5.71. The lowest BCUT2D eigenvalue weighted by Crippen LogP contribution is -2.65. The van der Waals surface area contributed by atoms with Crippen molar-refractivity contribution in [3.8, 4) is 0 Å². The maximum Gasteiger partial charge on any atom is 0.262 e. The minimum Gasteiger partial charge on any atom is -0.378 e. The Morgan fingerprint density at radius 3 is 2.50 bits per heavy atom. The van der Waals surface area contributed by atoms with E-state index in [1.165, 1.54) is 19.5 Å². The number of hydrogen-bond donors (Lipinski definition) is 2. The Balaban J connectivity index is 1.41. The van der Waals surface area contributed by atoms with Crippen molar-refractivity contribution in [1.29, 1.82) is 0 Å². The number of piperidine rings is 3. The molecule has 1 aromatic rings. The Morgan fingerprint density at radius 1 is 1.15 bits per heavy atom. The molecule has 1 aromatic carbocycles. The SMILES string of the molecule is NC(=O)CN1C(=O)c2ccc(NC34CC5CC(CN(C5)C3)C4)cc2C1=O. The lowest BCUT2D eigenvalue weighted by Gasteiger charge is -2.58. The van der Waals surface area contributed by atoms with Gasteiger partial charge in [0.25, 0.3) is 11.8 Å². The van der Waals surface area contributed by atoms with E-state index in [0.29, 0.717) is 11.1 Å². The third-order valence-electron chi connectivity index (χ3n) is 6.28. The molecule has 26 heavy (non-hydrogen) atoms. The average molecular weight is 354 g/mol. The Kier molecular flexibility index (Phi) is 3.22. The minimum atomic E-state index is -0.694. The molecule has 3 saturated heterocycles. The summed E-state index contributed by atoms with van der Waals surface area (Å²) in [5, 5.41) is 3.69. The molecule has 3 amide bonds. The topological polar surface area (TPSA) is 95.7 Å². The molecule has 4 heterocycles. The van der Waals surface area contributed by atoms with Gasteiger partial charge < -0.3 is 16.0 Å². The van der Waals surface area contributed by atoms with E-state index in [0.717, 1.165) is 41.8 Å². The standard InChI is InChI=1S/C19H22N4O3/c20-16(24)9-23-17(25)14-2-1-13(4-15(14)18(23)26)21-19-5-11-3-12(6-19)8-22(7-11)10-19/h1-2,4,11-12,21H,3,5-10H2,(H2,20,24). The zero-order valence-corrected chi connectivity index (χ0v) is 14.5. The fourth-order valence-electron chi connectivity index (χ4n) is 5.71. The van der Waals surface area contributed by atoms with Gasteiger partial charge in [-0.3, -0.25) is 19.3 Å². The molecular weight excluding hydrogens is 332 g/mol. The molecule has 4 fully saturated rings. The summed E-state index contributed by atoms with van der Waals surface area (Å²) < 4.78 is 0. The predicted octanol–water partition coefficient (Wildman–Crippen LogP) is 0.664. The molecule has 1 aliphatic carbocycles. The number of imide groups is 1. The van der Waals surface area contributed by atoms with Gasteiger partial charge in [-0.2, -0.15) is 0 Å². The van der Waals surface area contributed by atoms with Crippen LogP contribution < -0.4 is 11.1 Å². The van der Waals surface area contributed by atoms with E-state index in [-0.39, 0.29) is 12.1 Å². The first-order chi connectivity index (χ1) is 12.4. The molecule has 2 unspecified atom stereocenters.